The van der Waals surface area contributed by atoms with Gasteiger partial charge in [0, 0.05) is 17.2 Å². The van der Waals surface area contributed by atoms with E-state index >= 15 is 0 Å². The molecule has 1 heterocycles. The largest absolute Gasteiger partial charge is 0.462 e. The summed E-state index contributed by atoms with van der Waals surface area (Å²) in [5.74, 6) is -0.339. The first-order valence-corrected chi connectivity index (χ1v) is 7.50. The molecule has 0 aliphatic carbocycles. The van der Waals surface area contributed by atoms with Crippen LogP contribution in [-0.4, -0.2) is 22.4 Å². The Kier molecular flexibility index (Phi) is 5.01. The standard InChI is InChI=1S/C15H18BrN3O2/c1-4-21-15(20)12-8-18-19(3)14(12)9-17-11-5-6-13(16)10(2)7-11/h5-8,17H,4,9H2,1-3H3. The summed E-state index contributed by atoms with van der Waals surface area (Å²) in [6, 6.07) is 6.02. The number of anilines is 1. The first-order valence-electron chi connectivity index (χ1n) is 6.71. The number of carbonyl (C=O) groups is 1. The number of ether oxygens (including phenoxy) is 1. The summed E-state index contributed by atoms with van der Waals surface area (Å²) in [6.45, 7) is 4.68. The van der Waals surface area contributed by atoms with E-state index in [1.807, 2.05) is 32.2 Å². The van der Waals surface area contributed by atoms with Gasteiger partial charge >= 0.3 is 5.97 Å². The van der Waals surface area contributed by atoms with E-state index in [2.05, 4.69) is 26.3 Å². The van der Waals surface area contributed by atoms with Crippen LogP contribution in [0, 0.1) is 6.92 Å². The summed E-state index contributed by atoms with van der Waals surface area (Å²) >= 11 is 3.48. The Morgan fingerprint density at radius 3 is 2.90 bits per heavy atom. The van der Waals surface area contributed by atoms with Crippen LogP contribution in [0.2, 0.25) is 0 Å². The Labute approximate surface area is 132 Å². The van der Waals surface area contributed by atoms with Crippen molar-refractivity contribution >= 4 is 27.6 Å². The molecule has 0 bridgehead atoms. The van der Waals surface area contributed by atoms with Gasteiger partial charge in [0.1, 0.15) is 5.56 Å². The van der Waals surface area contributed by atoms with Gasteiger partial charge in [0.25, 0.3) is 0 Å². The van der Waals surface area contributed by atoms with E-state index in [9.17, 15) is 4.79 Å². The number of nitrogens with zero attached hydrogens (tertiary/aromatic N) is 2. The lowest BCUT2D eigenvalue weighted by Crippen LogP contribution is -2.12. The normalized spacial score (nSPS) is 10.5. The minimum atomic E-state index is -0.339. The minimum Gasteiger partial charge on any atom is -0.462 e. The highest BCUT2D eigenvalue weighted by molar-refractivity contribution is 9.10. The summed E-state index contributed by atoms with van der Waals surface area (Å²) in [4.78, 5) is 11.9. The zero-order chi connectivity index (χ0) is 15.4. The van der Waals surface area contributed by atoms with Crippen molar-refractivity contribution < 1.29 is 9.53 Å². The molecule has 2 rings (SSSR count). The van der Waals surface area contributed by atoms with Crippen molar-refractivity contribution in [1.82, 2.24) is 9.78 Å². The van der Waals surface area contributed by atoms with E-state index in [1.165, 1.54) is 0 Å². The number of aryl methyl sites for hydroxylation is 2. The summed E-state index contributed by atoms with van der Waals surface area (Å²) in [6.07, 6.45) is 1.54. The van der Waals surface area contributed by atoms with Crippen LogP contribution in [-0.2, 0) is 18.3 Å². The highest BCUT2D eigenvalue weighted by Crippen LogP contribution is 2.21. The maximum Gasteiger partial charge on any atom is 0.341 e. The second kappa shape index (κ2) is 6.76. The van der Waals surface area contributed by atoms with Crippen molar-refractivity contribution in [2.24, 2.45) is 7.05 Å². The van der Waals surface area contributed by atoms with E-state index in [0.29, 0.717) is 18.7 Å². The van der Waals surface area contributed by atoms with Gasteiger partial charge in [0.15, 0.2) is 0 Å². The van der Waals surface area contributed by atoms with Crippen molar-refractivity contribution in [1.29, 1.82) is 0 Å². The molecular weight excluding hydrogens is 334 g/mol. The number of carbonyl (C=O) groups excluding carboxylic acids is 1. The van der Waals surface area contributed by atoms with Crippen LogP contribution >= 0.6 is 15.9 Å². The molecule has 1 aromatic heterocycles. The van der Waals surface area contributed by atoms with Crippen LogP contribution in [0.1, 0.15) is 28.5 Å². The fourth-order valence-corrected chi connectivity index (χ4v) is 2.24. The fraction of sp³-hybridized carbons (Fsp3) is 0.333. The molecule has 0 spiro atoms. The van der Waals surface area contributed by atoms with Gasteiger partial charge in [0.05, 0.1) is 25.0 Å². The average molecular weight is 352 g/mol. The zero-order valence-electron chi connectivity index (χ0n) is 12.3. The van der Waals surface area contributed by atoms with Gasteiger partial charge in [-0.3, -0.25) is 4.68 Å². The van der Waals surface area contributed by atoms with Gasteiger partial charge in [-0.05, 0) is 37.6 Å². The molecular formula is C15H18BrN3O2. The highest BCUT2D eigenvalue weighted by atomic mass is 79.9. The number of halogens is 1. The highest BCUT2D eigenvalue weighted by Gasteiger charge is 2.16. The molecule has 21 heavy (non-hydrogen) atoms. The number of nitrogens with one attached hydrogen (secondary N) is 1. The molecule has 5 nitrogen and oxygen atoms in total. The molecule has 112 valence electrons. The summed E-state index contributed by atoms with van der Waals surface area (Å²) < 4.78 is 7.80. The number of aromatic nitrogens is 2. The topological polar surface area (TPSA) is 56.1 Å². The lowest BCUT2D eigenvalue weighted by Gasteiger charge is -2.10. The van der Waals surface area contributed by atoms with Gasteiger partial charge in [0.2, 0.25) is 0 Å². The second-order valence-corrected chi connectivity index (χ2v) is 5.52. The predicted octanol–water partition coefficient (Wildman–Crippen LogP) is 3.28. The Morgan fingerprint density at radius 2 is 2.24 bits per heavy atom. The number of benzene rings is 1. The van der Waals surface area contributed by atoms with Crippen molar-refractivity contribution in [2.75, 3.05) is 11.9 Å². The molecule has 0 amide bonds. The van der Waals surface area contributed by atoms with Crippen LogP contribution in [0.25, 0.3) is 0 Å². The quantitative estimate of drug-likeness (QED) is 0.839. The van der Waals surface area contributed by atoms with E-state index in [-0.39, 0.29) is 5.97 Å². The number of hydrogen-bond donors (Lipinski definition) is 1. The van der Waals surface area contributed by atoms with Crippen molar-refractivity contribution in [3.05, 3.63) is 45.7 Å². The molecule has 0 fully saturated rings. The lowest BCUT2D eigenvalue weighted by molar-refractivity contribution is 0.0525. The smallest absolute Gasteiger partial charge is 0.341 e. The third-order valence-electron chi connectivity index (χ3n) is 3.17. The predicted molar refractivity (Wildman–Crippen MR) is 85.4 cm³/mol. The molecule has 0 aliphatic heterocycles. The van der Waals surface area contributed by atoms with Crippen molar-refractivity contribution in [2.45, 2.75) is 20.4 Å². The van der Waals surface area contributed by atoms with Crippen LogP contribution in [0.3, 0.4) is 0 Å². The zero-order valence-corrected chi connectivity index (χ0v) is 13.9. The number of esters is 1. The number of hydrogen-bond acceptors (Lipinski definition) is 4. The van der Waals surface area contributed by atoms with E-state index in [1.54, 1.807) is 17.8 Å². The van der Waals surface area contributed by atoms with Crippen molar-refractivity contribution in [3.63, 3.8) is 0 Å². The lowest BCUT2D eigenvalue weighted by atomic mass is 10.2. The van der Waals surface area contributed by atoms with Gasteiger partial charge in [-0.25, -0.2) is 4.79 Å². The molecule has 0 radical (unpaired) electrons. The molecule has 6 heteroatoms. The third kappa shape index (κ3) is 3.64. The van der Waals surface area contributed by atoms with Crippen LogP contribution in [0.4, 0.5) is 5.69 Å². The van der Waals surface area contributed by atoms with E-state index in [0.717, 1.165) is 21.4 Å². The molecule has 1 N–H and O–H groups in total. The van der Waals surface area contributed by atoms with E-state index in [4.69, 9.17) is 4.74 Å². The maximum atomic E-state index is 11.9. The van der Waals surface area contributed by atoms with Crippen LogP contribution in [0.15, 0.2) is 28.9 Å². The Bertz CT molecular complexity index is 652. The van der Waals surface area contributed by atoms with Gasteiger partial charge in [-0.2, -0.15) is 5.10 Å². The Morgan fingerprint density at radius 1 is 1.48 bits per heavy atom. The maximum absolute atomic E-state index is 11.9. The third-order valence-corrected chi connectivity index (χ3v) is 4.06. The molecule has 2 aromatic rings. The van der Waals surface area contributed by atoms with Crippen molar-refractivity contribution in [3.8, 4) is 0 Å². The molecule has 0 atom stereocenters. The summed E-state index contributed by atoms with van der Waals surface area (Å²) in [5, 5.41) is 7.44. The molecule has 0 saturated carbocycles. The Hall–Kier alpha value is -1.82. The monoisotopic (exact) mass is 351 g/mol. The first-order chi connectivity index (χ1) is 10.0. The molecule has 0 unspecified atom stereocenters. The van der Waals surface area contributed by atoms with Crippen LogP contribution < -0.4 is 5.32 Å². The van der Waals surface area contributed by atoms with Gasteiger partial charge in [-0.1, -0.05) is 15.9 Å². The number of rotatable bonds is 5. The van der Waals surface area contributed by atoms with Gasteiger partial charge in [-0.15, -0.1) is 0 Å². The van der Waals surface area contributed by atoms with Gasteiger partial charge < -0.3 is 10.1 Å². The minimum absolute atomic E-state index is 0.339. The van der Waals surface area contributed by atoms with E-state index < -0.39 is 0 Å². The molecule has 0 aliphatic rings. The molecule has 1 aromatic carbocycles. The molecule has 0 saturated heterocycles. The fourth-order valence-electron chi connectivity index (χ4n) is 1.99. The summed E-state index contributed by atoms with van der Waals surface area (Å²) in [5.41, 5.74) is 3.44. The average Bonchev–Trinajstić information content (AvgIpc) is 2.82. The summed E-state index contributed by atoms with van der Waals surface area (Å²) in [7, 11) is 1.81. The van der Waals surface area contributed by atoms with Crippen LogP contribution in [0.5, 0.6) is 0 Å². The Balaban J connectivity index is 2.14. The SMILES string of the molecule is CCOC(=O)c1cnn(C)c1CNc1ccc(Br)c(C)c1. The second-order valence-electron chi connectivity index (χ2n) is 4.67. The first kappa shape index (κ1) is 15.6.